The number of aromatic amines is 1. The second-order valence-corrected chi connectivity index (χ2v) is 10.1. The van der Waals surface area contributed by atoms with Crippen molar-refractivity contribution in [3.63, 3.8) is 0 Å². The molecule has 1 aliphatic heterocycles. The molecular formula is C29H36N6O3. The molecule has 1 N–H and O–H groups in total. The number of aromatic nitrogens is 5. The molecule has 0 unspecified atom stereocenters. The molecular weight excluding hydrogens is 480 g/mol. The summed E-state index contributed by atoms with van der Waals surface area (Å²) >= 11 is 0. The molecule has 3 heterocycles. The fourth-order valence-electron chi connectivity index (χ4n) is 5.36. The minimum atomic E-state index is -0.0952. The molecule has 0 radical (unpaired) electrons. The van der Waals surface area contributed by atoms with Crippen LogP contribution in [0.1, 0.15) is 60.3 Å². The number of nitrogens with one attached hydrogen (secondary N) is 1. The zero-order valence-corrected chi connectivity index (χ0v) is 22.6. The van der Waals surface area contributed by atoms with Gasteiger partial charge in [0, 0.05) is 30.6 Å². The molecule has 0 bridgehead atoms. The maximum Gasteiger partial charge on any atom is 0.252 e. The van der Waals surface area contributed by atoms with Crippen LogP contribution in [0.15, 0.2) is 47.3 Å². The SMILES string of the molecule is CC[C@H](c1nnnn1C[C@@H]1CCCO1)N(Cc1ccc(OC)cc1)Cc1cc2c(C)ccc(C)c2[nH]c1=O. The summed E-state index contributed by atoms with van der Waals surface area (Å²) in [5.74, 6) is 1.60. The van der Waals surface area contributed by atoms with E-state index in [-0.39, 0.29) is 17.7 Å². The van der Waals surface area contributed by atoms with Crippen molar-refractivity contribution in [3.8, 4) is 5.75 Å². The fourth-order valence-corrected chi connectivity index (χ4v) is 5.36. The van der Waals surface area contributed by atoms with Gasteiger partial charge in [-0.3, -0.25) is 9.69 Å². The maximum absolute atomic E-state index is 13.3. The molecule has 0 saturated carbocycles. The number of ether oxygens (including phenoxy) is 2. The first-order chi connectivity index (χ1) is 18.5. The third-order valence-electron chi connectivity index (χ3n) is 7.52. The van der Waals surface area contributed by atoms with Gasteiger partial charge in [0.1, 0.15) is 5.75 Å². The molecule has 4 aromatic rings. The van der Waals surface area contributed by atoms with Crippen LogP contribution in [0.2, 0.25) is 0 Å². The Morgan fingerprint density at radius 2 is 1.95 bits per heavy atom. The van der Waals surface area contributed by atoms with Gasteiger partial charge in [-0.15, -0.1) is 5.10 Å². The molecule has 9 nitrogen and oxygen atoms in total. The van der Waals surface area contributed by atoms with E-state index in [2.05, 4.69) is 57.5 Å². The van der Waals surface area contributed by atoms with E-state index in [1.165, 1.54) is 0 Å². The van der Waals surface area contributed by atoms with Crippen molar-refractivity contribution in [2.75, 3.05) is 13.7 Å². The fraction of sp³-hybridized carbons (Fsp3) is 0.448. The lowest BCUT2D eigenvalue weighted by molar-refractivity contribution is 0.0888. The predicted octanol–water partition coefficient (Wildman–Crippen LogP) is 4.47. The number of fused-ring (bicyclic) bond motifs is 1. The lowest BCUT2D eigenvalue weighted by atomic mass is 10.0. The van der Waals surface area contributed by atoms with E-state index in [1.807, 2.05) is 35.9 Å². The summed E-state index contributed by atoms with van der Waals surface area (Å²) < 4.78 is 13.1. The van der Waals surface area contributed by atoms with E-state index in [0.29, 0.717) is 19.6 Å². The Hall–Kier alpha value is -3.56. The number of rotatable bonds is 10. The lowest BCUT2D eigenvalue weighted by Crippen LogP contribution is -2.33. The van der Waals surface area contributed by atoms with E-state index in [0.717, 1.165) is 70.6 Å². The number of benzene rings is 2. The minimum Gasteiger partial charge on any atom is -0.497 e. The molecule has 9 heteroatoms. The smallest absolute Gasteiger partial charge is 0.252 e. The number of pyridine rings is 1. The van der Waals surface area contributed by atoms with Crippen LogP contribution in [0.5, 0.6) is 5.75 Å². The number of aryl methyl sites for hydroxylation is 2. The average molecular weight is 517 g/mol. The van der Waals surface area contributed by atoms with Crippen LogP contribution in [-0.4, -0.2) is 49.9 Å². The number of H-pyrrole nitrogens is 1. The molecule has 0 aliphatic carbocycles. The summed E-state index contributed by atoms with van der Waals surface area (Å²) in [4.78, 5) is 18.7. The van der Waals surface area contributed by atoms with E-state index >= 15 is 0 Å². The zero-order valence-electron chi connectivity index (χ0n) is 22.6. The molecule has 0 spiro atoms. The van der Waals surface area contributed by atoms with E-state index in [1.54, 1.807) is 7.11 Å². The highest BCUT2D eigenvalue weighted by Gasteiger charge is 2.28. The quantitative estimate of drug-likeness (QED) is 0.332. The average Bonchev–Trinajstić information content (AvgIpc) is 3.61. The van der Waals surface area contributed by atoms with Crippen molar-refractivity contribution in [2.24, 2.45) is 0 Å². The van der Waals surface area contributed by atoms with Gasteiger partial charge in [-0.1, -0.05) is 31.2 Å². The monoisotopic (exact) mass is 516 g/mol. The van der Waals surface area contributed by atoms with E-state index < -0.39 is 0 Å². The van der Waals surface area contributed by atoms with Gasteiger partial charge >= 0.3 is 0 Å². The van der Waals surface area contributed by atoms with Gasteiger partial charge in [0.2, 0.25) is 0 Å². The Balaban J connectivity index is 1.52. The van der Waals surface area contributed by atoms with Crippen LogP contribution in [0.3, 0.4) is 0 Å². The molecule has 2 aromatic heterocycles. The zero-order chi connectivity index (χ0) is 26.6. The minimum absolute atomic E-state index is 0.0697. The number of hydrogen-bond donors (Lipinski definition) is 1. The van der Waals surface area contributed by atoms with E-state index in [9.17, 15) is 4.79 Å². The Bertz CT molecular complexity index is 1440. The lowest BCUT2D eigenvalue weighted by Gasteiger charge is -2.30. The van der Waals surface area contributed by atoms with E-state index in [4.69, 9.17) is 9.47 Å². The van der Waals surface area contributed by atoms with Gasteiger partial charge in [0.05, 0.1) is 31.3 Å². The van der Waals surface area contributed by atoms with Crippen LogP contribution >= 0.6 is 0 Å². The van der Waals surface area contributed by atoms with Crippen molar-refractivity contribution in [3.05, 3.63) is 80.9 Å². The Kier molecular flexibility index (Phi) is 7.85. The number of hydrogen-bond acceptors (Lipinski definition) is 7. The first kappa shape index (κ1) is 26.1. The molecule has 5 rings (SSSR count). The van der Waals surface area contributed by atoms with Gasteiger partial charge in [-0.2, -0.15) is 0 Å². The molecule has 2 atom stereocenters. The first-order valence-corrected chi connectivity index (χ1v) is 13.3. The summed E-state index contributed by atoms with van der Waals surface area (Å²) in [7, 11) is 1.66. The molecule has 0 amide bonds. The standard InChI is InChI=1S/C29H36N6O3/c1-5-26(28-31-32-33-35(28)18-24-7-6-14-38-24)34(16-21-10-12-23(37-4)13-11-21)17-22-15-25-19(2)8-9-20(3)27(25)30-29(22)36/h8-13,15,24,26H,5-7,14,16-18H2,1-4H3,(H,30,36)/t24-,26+/m0/s1. The highest BCUT2D eigenvalue weighted by atomic mass is 16.5. The summed E-state index contributed by atoms with van der Waals surface area (Å²) in [6.45, 7) is 8.72. The predicted molar refractivity (Wildman–Crippen MR) is 146 cm³/mol. The number of tetrazole rings is 1. The van der Waals surface area contributed by atoms with Gasteiger partial charge in [-0.25, -0.2) is 4.68 Å². The van der Waals surface area contributed by atoms with Crippen molar-refractivity contribution < 1.29 is 9.47 Å². The summed E-state index contributed by atoms with van der Waals surface area (Å²) in [5.41, 5.74) is 4.86. The molecule has 2 aromatic carbocycles. The third-order valence-corrected chi connectivity index (χ3v) is 7.52. The van der Waals surface area contributed by atoms with Crippen molar-refractivity contribution in [1.82, 2.24) is 30.1 Å². The molecule has 1 fully saturated rings. The molecule has 1 aliphatic rings. The van der Waals surface area contributed by atoms with Gasteiger partial charge < -0.3 is 14.5 Å². The van der Waals surface area contributed by atoms with Crippen LogP contribution in [0, 0.1) is 13.8 Å². The molecule has 1 saturated heterocycles. The van der Waals surface area contributed by atoms with Crippen LogP contribution in [0.25, 0.3) is 10.9 Å². The van der Waals surface area contributed by atoms with Gasteiger partial charge in [0.15, 0.2) is 5.82 Å². The highest BCUT2D eigenvalue weighted by Crippen LogP contribution is 2.28. The second-order valence-electron chi connectivity index (χ2n) is 10.1. The maximum atomic E-state index is 13.3. The van der Waals surface area contributed by atoms with Crippen LogP contribution < -0.4 is 10.3 Å². The number of methoxy groups -OCH3 is 1. The highest BCUT2D eigenvalue weighted by molar-refractivity contribution is 5.85. The normalized spacial score (nSPS) is 16.4. The van der Waals surface area contributed by atoms with Crippen LogP contribution in [0.4, 0.5) is 0 Å². The molecule has 38 heavy (non-hydrogen) atoms. The van der Waals surface area contributed by atoms with Crippen molar-refractivity contribution in [2.45, 2.75) is 71.8 Å². The third kappa shape index (κ3) is 5.49. The Labute approximate surface area is 222 Å². The summed E-state index contributed by atoms with van der Waals surface area (Å²) in [5, 5.41) is 13.9. The first-order valence-electron chi connectivity index (χ1n) is 13.3. The Morgan fingerprint density at radius 3 is 2.66 bits per heavy atom. The van der Waals surface area contributed by atoms with Crippen molar-refractivity contribution in [1.29, 1.82) is 0 Å². The second kappa shape index (κ2) is 11.4. The topological polar surface area (TPSA) is 98.2 Å². The van der Waals surface area contributed by atoms with Crippen LogP contribution in [-0.2, 0) is 24.4 Å². The van der Waals surface area contributed by atoms with Crippen molar-refractivity contribution >= 4 is 10.9 Å². The summed E-state index contributed by atoms with van der Waals surface area (Å²) in [6.07, 6.45) is 2.98. The number of nitrogens with zero attached hydrogens (tertiary/aromatic N) is 5. The largest absolute Gasteiger partial charge is 0.497 e. The Morgan fingerprint density at radius 1 is 1.16 bits per heavy atom. The summed E-state index contributed by atoms with van der Waals surface area (Å²) in [6, 6.07) is 14.1. The molecule has 200 valence electrons. The van der Waals surface area contributed by atoms with Gasteiger partial charge in [-0.05, 0) is 78.4 Å². The van der Waals surface area contributed by atoms with Gasteiger partial charge in [0.25, 0.3) is 5.56 Å².